The van der Waals surface area contributed by atoms with Crippen LogP contribution < -0.4 is 5.32 Å². The van der Waals surface area contributed by atoms with E-state index in [-0.39, 0.29) is 0 Å². The van der Waals surface area contributed by atoms with Crippen LogP contribution >= 0.6 is 0 Å². The van der Waals surface area contributed by atoms with Gasteiger partial charge >= 0.3 is 0 Å². The van der Waals surface area contributed by atoms with Crippen molar-refractivity contribution < 1.29 is 4.74 Å². The van der Waals surface area contributed by atoms with Crippen LogP contribution in [0, 0.1) is 5.92 Å². The second kappa shape index (κ2) is 11.8. The molecule has 1 N–H and O–H groups in total. The Bertz CT molecular complexity index is 299. The number of nitrogens with zero attached hydrogens (tertiary/aromatic N) is 2. The minimum absolute atomic E-state index is 0.442. The number of guanidine groups is 1. The molecular formula is C18H37N3O. The smallest absolute Gasteiger partial charge is 0.193 e. The summed E-state index contributed by atoms with van der Waals surface area (Å²) in [5, 5.41) is 3.47. The first kappa shape index (κ1) is 19.3. The van der Waals surface area contributed by atoms with E-state index >= 15 is 0 Å². The molecule has 0 aliphatic carbocycles. The van der Waals surface area contributed by atoms with Crippen molar-refractivity contribution in [2.24, 2.45) is 10.9 Å². The molecule has 0 aromatic heterocycles. The number of nitrogens with one attached hydrogen (secondary N) is 1. The summed E-state index contributed by atoms with van der Waals surface area (Å²) in [6.07, 6.45) is 7.82. The molecular weight excluding hydrogens is 274 g/mol. The molecule has 4 nitrogen and oxygen atoms in total. The quantitative estimate of drug-likeness (QED) is 0.521. The largest absolute Gasteiger partial charge is 0.378 e. The predicted molar refractivity (Wildman–Crippen MR) is 95.5 cm³/mol. The van der Waals surface area contributed by atoms with Crippen LogP contribution in [0.4, 0.5) is 0 Å². The van der Waals surface area contributed by atoms with Gasteiger partial charge in [-0.15, -0.1) is 0 Å². The van der Waals surface area contributed by atoms with Crippen molar-refractivity contribution in [2.75, 3.05) is 32.8 Å². The van der Waals surface area contributed by atoms with Crippen molar-refractivity contribution >= 4 is 5.96 Å². The van der Waals surface area contributed by atoms with Gasteiger partial charge in [0.1, 0.15) is 0 Å². The molecule has 0 bridgehead atoms. The lowest BCUT2D eigenvalue weighted by atomic mass is 10.00. The molecule has 0 spiro atoms. The normalized spacial score (nSPS) is 18.5. The lowest BCUT2D eigenvalue weighted by Crippen LogP contribution is -2.47. The molecule has 130 valence electrons. The first-order valence-corrected chi connectivity index (χ1v) is 9.39. The van der Waals surface area contributed by atoms with E-state index in [2.05, 4.69) is 37.9 Å². The molecule has 0 aromatic carbocycles. The van der Waals surface area contributed by atoms with Gasteiger partial charge in [0.2, 0.25) is 0 Å². The summed E-state index contributed by atoms with van der Waals surface area (Å²) < 4.78 is 5.74. The van der Waals surface area contributed by atoms with Crippen LogP contribution in [0.3, 0.4) is 0 Å². The molecule has 0 aromatic rings. The van der Waals surface area contributed by atoms with Crippen LogP contribution in [0.15, 0.2) is 4.99 Å². The first-order valence-electron chi connectivity index (χ1n) is 9.39. The number of ether oxygens (including phenoxy) is 1. The van der Waals surface area contributed by atoms with Crippen LogP contribution in [0.1, 0.15) is 66.2 Å². The van der Waals surface area contributed by atoms with E-state index in [0.717, 1.165) is 57.5 Å². The summed E-state index contributed by atoms with van der Waals surface area (Å²) in [4.78, 5) is 7.33. The molecule has 1 atom stereocenters. The van der Waals surface area contributed by atoms with E-state index in [9.17, 15) is 0 Å². The third-order valence-corrected chi connectivity index (χ3v) is 4.52. The van der Waals surface area contributed by atoms with Crippen LogP contribution in [-0.4, -0.2) is 49.7 Å². The average molecular weight is 312 g/mol. The lowest BCUT2D eigenvalue weighted by Gasteiger charge is -2.34. The number of aliphatic imine (C=N–C) groups is 1. The number of unbranched alkanes of at least 4 members (excludes halogenated alkanes) is 1. The number of likely N-dealkylation sites (tertiary alicyclic amines) is 1. The van der Waals surface area contributed by atoms with Gasteiger partial charge < -0.3 is 15.0 Å². The Labute approximate surface area is 137 Å². The molecule has 1 fully saturated rings. The van der Waals surface area contributed by atoms with Crippen molar-refractivity contribution in [3.63, 3.8) is 0 Å². The maximum absolute atomic E-state index is 5.74. The Morgan fingerprint density at radius 2 is 1.95 bits per heavy atom. The summed E-state index contributed by atoms with van der Waals surface area (Å²) >= 11 is 0. The predicted octanol–water partition coefficient (Wildman–Crippen LogP) is 3.67. The van der Waals surface area contributed by atoms with Crippen LogP contribution in [0.2, 0.25) is 0 Å². The Morgan fingerprint density at radius 3 is 2.50 bits per heavy atom. The van der Waals surface area contributed by atoms with Crippen molar-refractivity contribution in [3.05, 3.63) is 0 Å². The zero-order valence-corrected chi connectivity index (χ0v) is 15.2. The fourth-order valence-electron chi connectivity index (χ4n) is 3.03. The molecule has 1 unspecified atom stereocenters. The Hall–Kier alpha value is -0.770. The molecule has 0 amide bonds. The monoisotopic (exact) mass is 311 g/mol. The second-order valence-corrected chi connectivity index (χ2v) is 6.25. The van der Waals surface area contributed by atoms with Gasteiger partial charge in [0.15, 0.2) is 5.96 Å². The molecule has 1 heterocycles. The van der Waals surface area contributed by atoms with Crippen LogP contribution in [0.25, 0.3) is 0 Å². The van der Waals surface area contributed by atoms with E-state index in [1.165, 1.54) is 25.7 Å². The minimum atomic E-state index is 0.442. The van der Waals surface area contributed by atoms with Gasteiger partial charge in [0, 0.05) is 32.8 Å². The zero-order valence-electron chi connectivity index (χ0n) is 15.2. The Kier molecular flexibility index (Phi) is 10.3. The lowest BCUT2D eigenvalue weighted by molar-refractivity contribution is 0.0263. The van der Waals surface area contributed by atoms with Gasteiger partial charge in [-0.2, -0.15) is 0 Å². The SMILES string of the molecule is CCCCC(CC)CN=C(NCC)N1CCC(OCC)CC1. The maximum Gasteiger partial charge on any atom is 0.193 e. The highest BCUT2D eigenvalue weighted by Gasteiger charge is 2.21. The molecule has 4 heteroatoms. The summed E-state index contributed by atoms with van der Waals surface area (Å²) in [5.74, 6) is 1.84. The standard InChI is InChI=1S/C18H37N3O/c1-5-9-10-16(6-2)15-20-18(19-7-3)21-13-11-17(12-14-21)22-8-4/h16-17H,5-15H2,1-4H3,(H,19,20). The van der Waals surface area contributed by atoms with Crippen LogP contribution in [0.5, 0.6) is 0 Å². The van der Waals surface area contributed by atoms with E-state index in [4.69, 9.17) is 9.73 Å². The van der Waals surface area contributed by atoms with E-state index < -0.39 is 0 Å². The molecule has 0 radical (unpaired) electrons. The summed E-state index contributed by atoms with van der Waals surface area (Å²) in [6.45, 7) is 13.6. The molecule has 1 saturated heterocycles. The summed E-state index contributed by atoms with van der Waals surface area (Å²) in [5.41, 5.74) is 0. The highest BCUT2D eigenvalue weighted by atomic mass is 16.5. The second-order valence-electron chi connectivity index (χ2n) is 6.25. The number of piperidine rings is 1. The van der Waals surface area contributed by atoms with Gasteiger partial charge in [-0.25, -0.2) is 0 Å². The molecule has 1 aliphatic rings. The van der Waals surface area contributed by atoms with E-state index in [1.807, 2.05) is 0 Å². The third kappa shape index (κ3) is 6.99. The van der Waals surface area contributed by atoms with Crippen molar-refractivity contribution in [3.8, 4) is 0 Å². The van der Waals surface area contributed by atoms with Crippen LogP contribution in [-0.2, 0) is 4.74 Å². The molecule has 1 aliphatic heterocycles. The van der Waals surface area contributed by atoms with Gasteiger partial charge in [0.05, 0.1) is 6.10 Å². The number of rotatable bonds is 9. The topological polar surface area (TPSA) is 36.9 Å². The summed E-state index contributed by atoms with van der Waals surface area (Å²) in [6, 6.07) is 0. The van der Waals surface area contributed by atoms with Gasteiger partial charge in [0.25, 0.3) is 0 Å². The number of hydrogen-bond donors (Lipinski definition) is 1. The number of hydrogen-bond acceptors (Lipinski definition) is 2. The van der Waals surface area contributed by atoms with Gasteiger partial charge in [-0.1, -0.05) is 33.1 Å². The summed E-state index contributed by atoms with van der Waals surface area (Å²) in [7, 11) is 0. The highest BCUT2D eigenvalue weighted by Crippen LogP contribution is 2.16. The minimum Gasteiger partial charge on any atom is -0.378 e. The molecule has 1 rings (SSSR count). The van der Waals surface area contributed by atoms with E-state index in [1.54, 1.807) is 0 Å². The first-order chi connectivity index (χ1) is 10.7. The van der Waals surface area contributed by atoms with Crippen molar-refractivity contribution in [2.45, 2.75) is 72.3 Å². The van der Waals surface area contributed by atoms with Crippen molar-refractivity contribution in [1.82, 2.24) is 10.2 Å². The van der Waals surface area contributed by atoms with E-state index in [0.29, 0.717) is 6.10 Å². The Morgan fingerprint density at radius 1 is 1.23 bits per heavy atom. The highest BCUT2D eigenvalue weighted by molar-refractivity contribution is 5.80. The van der Waals surface area contributed by atoms with Gasteiger partial charge in [-0.05, 0) is 39.0 Å². The fourth-order valence-corrected chi connectivity index (χ4v) is 3.03. The molecule has 0 saturated carbocycles. The fraction of sp³-hybridized carbons (Fsp3) is 0.944. The molecule has 22 heavy (non-hydrogen) atoms. The third-order valence-electron chi connectivity index (χ3n) is 4.52. The van der Waals surface area contributed by atoms with Gasteiger partial charge in [-0.3, -0.25) is 4.99 Å². The zero-order chi connectivity index (χ0) is 16.2. The van der Waals surface area contributed by atoms with Crippen molar-refractivity contribution in [1.29, 1.82) is 0 Å². The average Bonchev–Trinajstić information content (AvgIpc) is 2.55. The maximum atomic E-state index is 5.74. The Balaban J connectivity index is 2.51.